The molecule has 0 radical (unpaired) electrons. The zero-order valence-electron chi connectivity index (χ0n) is 8.73. The highest BCUT2D eigenvalue weighted by atomic mass is 35.5. The van der Waals surface area contributed by atoms with Crippen LogP contribution in [-0.4, -0.2) is 16.5 Å². The van der Waals surface area contributed by atoms with Crippen LogP contribution in [0.5, 0.6) is 0 Å². The molecule has 0 spiro atoms. The lowest BCUT2D eigenvalue weighted by Gasteiger charge is -2.07. The van der Waals surface area contributed by atoms with E-state index in [4.69, 9.17) is 11.6 Å². The summed E-state index contributed by atoms with van der Waals surface area (Å²) in [5.41, 5.74) is 2.13. The fourth-order valence-electron chi connectivity index (χ4n) is 1.41. The Labute approximate surface area is 99.5 Å². The third-order valence-electron chi connectivity index (χ3n) is 2.22. The Kier molecular flexibility index (Phi) is 3.72. The first-order valence-corrected chi connectivity index (χ1v) is 5.46. The summed E-state index contributed by atoms with van der Waals surface area (Å²) in [6, 6.07) is 5.86. The van der Waals surface area contributed by atoms with Crippen LogP contribution >= 0.6 is 11.6 Å². The summed E-state index contributed by atoms with van der Waals surface area (Å²) in [6.07, 6.45) is 7.92. The van der Waals surface area contributed by atoms with Gasteiger partial charge in [0.2, 0.25) is 0 Å². The van der Waals surface area contributed by atoms with E-state index in [2.05, 4.69) is 21.4 Å². The monoisotopic (exact) mass is 233 g/mol. The van der Waals surface area contributed by atoms with Crippen molar-refractivity contribution in [3.8, 4) is 0 Å². The Morgan fingerprint density at radius 3 is 2.75 bits per heavy atom. The van der Waals surface area contributed by atoms with Crippen molar-refractivity contribution in [3.05, 3.63) is 53.6 Å². The average Bonchev–Trinajstić information content (AvgIpc) is 2.33. The smallest absolute Gasteiger partial charge is 0.0820 e. The summed E-state index contributed by atoms with van der Waals surface area (Å²) >= 11 is 5.97. The number of aromatic nitrogens is 2. The highest BCUT2D eigenvalue weighted by Crippen LogP contribution is 2.18. The maximum absolute atomic E-state index is 5.97. The van der Waals surface area contributed by atoms with E-state index in [0.29, 0.717) is 5.02 Å². The molecule has 0 aliphatic carbocycles. The first kappa shape index (κ1) is 10.9. The number of hydrogen-bond acceptors (Lipinski definition) is 3. The SMILES string of the molecule is Clc1cnccc1NCCc1cccnc1. The quantitative estimate of drug-likeness (QED) is 0.883. The summed E-state index contributed by atoms with van der Waals surface area (Å²) in [5, 5.41) is 3.91. The molecule has 0 aliphatic heterocycles. The van der Waals surface area contributed by atoms with Gasteiger partial charge >= 0.3 is 0 Å². The molecule has 2 heterocycles. The Morgan fingerprint density at radius 1 is 1.12 bits per heavy atom. The van der Waals surface area contributed by atoms with Gasteiger partial charge in [-0.3, -0.25) is 9.97 Å². The molecule has 0 bridgehead atoms. The van der Waals surface area contributed by atoms with E-state index in [1.807, 2.05) is 18.3 Å². The first-order valence-electron chi connectivity index (χ1n) is 5.08. The van der Waals surface area contributed by atoms with Gasteiger partial charge in [0.25, 0.3) is 0 Å². The summed E-state index contributed by atoms with van der Waals surface area (Å²) in [6.45, 7) is 0.829. The number of nitrogens with one attached hydrogen (secondary N) is 1. The van der Waals surface area contributed by atoms with Crippen molar-refractivity contribution < 1.29 is 0 Å². The number of pyridine rings is 2. The lowest BCUT2D eigenvalue weighted by Crippen LogP contribution is -2.05. The standard InChI is InChI=1S/C12H12ClN3/c13-11-9-15-6-4-12(11)16-7-3-10-2-1-5-14-8-10/h1-2,4-6,8-9H,3,7H2,(H,15,16). The lowest BCUT2D eigenvalue weighted by molar-refractivity contribution is 1.00. The second kappa shape index (κ2) is 5.47. The minimum absolute atomic E-state index is 0.647. The maximum Gasteiger partial charge on any atom is 0.0820 e. The highest BCUT2D eigenvalue weighted by molar-refractivity contribution is 6.33. The van der Waals surface area contributed by atoms with Gasteiger partial charge in [-0.05, 0) is 24.1 Å². The van der Waals surface area contributed by atoms with Crippen LogP contribution in [0.2, 0.25) is 5.02 Å². The summed E-state index contributed by atoms with van der Waals surface area (Å²) < 4.78 is 0. The van der Waals surface area contributed by atoms with Gasteiger partial charge in [0.15, 0.2) is 0 Å². The van der Waals surface area contributed by atoms with Crippen molar-refractivity contribution in [2.24, 2.45) is 0 Å². The topological polar surface area (TPSA) is 37.8 Å². The largest absolute Gasteiger partial charge is 0.383 e. The third kappa shape index (κ3) is 2.94. The molecule has 0 atom stereocenters. The number of halogens is 1. The first-order chi connectivity index (χ1) is 7.86. The molecule has 16 heavy (non-hydrogen) atoms. The van der Waals surface area contributed by atoms with Crippen LogP contribution in [0.4, 0.5) is 5.69 Å². The predicted molar refractivity (Wildman–Crippen MR) is 65.7 cm³/mol. The Morgan fingerprint density at radius 2 is 2.00 bits per heavy atom. The van der Waals surface area contributed by atoms with Crippen LogP contribution in [0.25, 0.3) is 0 Å². The van der Waals surface area contributed by atoms with Crippen LogP contribution < -0.4 is 5.32 Å². The van der Waals surface area contributed by atoms with Gasteiger partial charge in [-0.2, -0.15) is 0 Å². The molecular formula is C12H12ClN3. The van der Waals surface area contributed by atoms with Gasteiger partial charge in [0, 0.05) is 31.3 Å². The fraction of sp³-hybridized carbons (Fsp3) is 0.167. The molecule has 0 aromatic carbocycles. The minimum Gasteiger partial charge on any atom is -0.383 e. The van der Waals surface area contributed by atoms with Gasteiger partial charge in [-0.15, -0.1) is 0 Å². The van der Waals surface area contributed by atoms with Crippen molar-refractivity contribution in [2.45, 2.75) is 6.42 Å². The van der Waals surface area contributed by atoms with Crippen LogP contribution in [0, 0.1) is 0 Å². The van der Waals surface area contributed by atoms with Crippen molar-refractivity contribution in [2.75, 3.05) is 11.9 Å². The summed E-state index contributed by atoms with van der Waals surface area (Å²) in [7, 11) is 0. The average molecular weight is 234 g/mol. The lowest BCUT2D eigenvalue weighted by atomic mass is 10.2. The molecule has 1 N–H and O–H groups in total. The third-order valence-corrected chi connectivity index (χ3v) is 2.53. The Balaban J connectivity index is 1.87. The van der Waals surface area contributed by atoms with E-state index >= 15 is 0 Å². The molecule has 4 heteroatoms. The highest BCUT2D eigenvalue weighted by Gasteiger charge is 1.98. The van der Waals surface area contributed by atoms with Gasteiger partial charge in [0.05, 0.1) is 10.7 Å². The normalized spacial score (nSPS) is 10.1. The van der Waals surface area contributed by atoms with Crippen molar-refractivity contribution >= 4 is 17.3 Å². The molecule has 0 fully saturated rings. The number of nitrogens with zero attached hydrogens (tertiary/aromatic N) is 2. The molecule has 0 aliphatic rings. The molecule has 0 unspecified atom stereocenters. The van der Waals surface area contributed by atoms with Gasteiger partial charge < -0.3 is 5.32 Å². The Bertz CT molecular complexity index is 445. The maximum atomic E-state index is 5.97. The predicted octanol–water partition coefficient (Wildman–Crippen LogP) is 2.78. The van der Waals surface area contributed by atoms with E-state index < -0.39 is 0 Å². The van der Waals surface area contributed by atoms with E-state index in [1.165, 1.54) is 5.56 Å². The van der Waals surface area contributed by atoms with Crippen molar-refractivity contribution in [1.29, 1.82) is 0 Å². The van der Waals surface area contributed by atoms with E-state index in [-0.39, 0.29) is 0 Å². The zero-order chi connectivity index (χ0) is 11.2. The Hall–Kier alpha value is -1.61. The molecular weight excluding hydrogens is 222 g/mol. The molecule has 0 saturated carbocycles. The summed E-state index contributed by atoms with van der Waals surface area (Å²) in [5.74, 6) is 0. The second-order valence-electron chi connectivity index (χ2n) is 3.39. The van der Waals surface area contributed by atoms with Gasteiger partial charge in [-0.1, -0.05) is 17.7 Å². The van der Waals surface area contributed by atoms with E-state index in [0.717, 1.165) is 18.7 Å². The molecule has 0 amide bonds. The molecule has 0 saturated heterocycles. The number of rotatable bonds is 4. The zero-order valence-corrected chi connectivity index (χ0v) is 9.48. The van der Waals surface area contributed by atoms with Crippen LogP contribution in [0.15, 0.2) is 43.0 Å². The molecule has 2 aromatic heterocycles. The van der Waals surface area contributed by atoms with Gasteiger partial charge in [0.1, 0.15) is 0 Å². The van der Waals surface area contributed by atoms with Crippen LogP contribution in [0.1, 0.15) is 5.56 Å². The molecule has 3 nitrogen and oxygen atoms in total. The summed E-state index contributed by atoms with van der Waals surface area (Å²) in [4.78, 5) is 7.99. The second-order valence-corrected chi connectivity index (χ2v) is 3.80. The van der Waals surface area contributed by atoms with Gasteiger partial charge in [-0.25, -0.2) is 0 Å². The van der Waals surface area contributed by atoms with Crippen molar-refractivity contribution in [1.82, 2.24) is 9.97 Å². The van der Waals surface area contributed by atoms with Crippen molar-refractivity contribution in [3.63, 3.8) is 0 Å². The number of hydrogen-bond donors (Lipinski definition) is 1. The molecule has 2 rings (SSSR count). The fourth-order valence-corrected chi connectivity index (χ4v) is 1.59. The number of anilines is 1. The minimum atomic E-state index is 0.647. The van der Waals surface area contributed by atoms with Crippen LogP contribution in [-0.2, 0) is 6.42 Å². The van der Waals surface area contributed by atoms with Crippen LogP contribution in [0.3, 0.4) is 0 Å². The van der Waals surface area contributed by atoms with E-state index in [9.17, 15) is 0 Å². The van der Waals surface area contributed by atoms with E-state index in [1.54, 1.807) is 18.6 Å². The molecule has 82 valence electrons. The molecule has 2 aromatic rings.